The van der Waals surface area contributed by atoms with E-state index in [1.807, 2.05) is 18.2 Å². The van der Waals surface area contributed by atoms with E-state index >= 15 is 0 Å². The molecule has 0 atom stereocenters. The molecule has 0 aliphatic carbocycles. The van der Waals surface area contributed by atoms with E-state index in [1.54, 1.807) is 47.5 Å². The lowest BCUT2D eigenvalue weighted by atomic mass is 10.1. The standard InChI is InChI=1S/C17H11N5O/c23-16(14-5-1-2-8-19-14)13-11-21-22-15(6-9-20-17(13)22)12-4-3-7-18-10-12/h1-11H. The molecule has 0 fully saturated rings. The lowest BCUT2D eigenvalue weighted by molar-refractivity contribution is 0.103. The molecule has 0 saturated heterocycles. The van der Waals surface area contributed by atoms with Crippen LogP contribution in [0.15, 0.2) is 67.4 Å². The van der Waals surface area contributed by atoms with E-state index in [9.17, 15) is 4.79 Å². The molecule has 0 radical (unpaired) electrons. The molecule has 4 heterocycles. The van der Waals surface area contributed by atoms with Crippen LogP contribution in [-0.2, 0) is 0 Å². The number of fused-ring (bicyclic) bond motifs is 1. The van der Waals surface area contributed by atoms with Crippen LogP contribution in [-0.4, -0.2) is 30.3 Å². The fourth-order valence-corrected chi connectivity index (χ4v) is 2.42. The van der Waals surface area contributed by atoms with Gasteiger partial charge in [-0.15, -0.1) is 0 Å². The van der Waals surface area contributed by atoms with Crippen molar-refractivity contribution < 1.29 is 4.79 Å². The maximum Gasteiger partial charge on any atom is 0.216 e. The van der Waals surface area contributed by atoms with Gasteiger partial charge >= 0.3 is 0 Å². The van der Waals surface area contributed by atoms with Crippen molar-refractivity contribution in [3.8, 4) is 11.3 Å². The first-order chi connectivity index (χ1) is 11.3. The molecule has 4 rings (SSSR count). The number of carbonyl (C=O) groups excluding carboxylic acids is 1. The average molecular weight is 301 g/mol. The van der Waals surface area contributed by atoms with Crippen LogP contribution in [0, 0.1) is 0 Å². The third-order valence-corrected chi connectivity index (χ3v) is 3.50. The minimum absolute atomic E-state index is 0.198. The number of carbonyl (C=O) groups is 1. The van der Waals surface area contributed by atoms with E-state index in [2.05, 4.69) is 20.1 Å². The largest absolute Gasteiger partial charge is 0.287 e. The Kier molecular flexibility index (Phi) is 3.12. The Morgan fingerprint density at radius 1 is 0.913 bits per heavy atom. The maximum absolute atomic E-state index is 12.6. The molecule has 23 heavy (non-hydrogen) atoms. The smallest absolute Gasteiger partial charge is 0.216 e. The molecule has 0 aliphatic heterocycles. The molecular formula is C17H11N5O. The van der Waals surface area contributed by atoms with Gasteiger partial charge in [0.05, 0.1) is 17.5 Å². The van der Waals surface area contributed by atoms with E-state index in [0.717, 1.165) is 11.3 Å². The molecule has 0 bridgehead atoms. The van der Waals surface area contributed by atoms with Gasteiger partial charge in [-0.2, -0.15) is 5.10 Å². The third kappa shape index (κ3) is 2.26. The number of nitrogens with zero attached hydrogens (tertiary/aromatic N) is 5. The minimum atomic E-state index is -0.198. The summed E-state index contributed by atoms with van der Waals surface area (Å²) in [4.78, 5) is 25.1. The molecule has 0 spiro atoms. The van der Waals surface area contributed by atoms with Crippen molar-refractivity contribution >= 4 is 11.4 Å². The lowest BCUT2D eigenvalue weighted by Crippen LogP contribution is -2.04. The van der Waals surface area contributed by atoms with Crippen molar-refractivity contribution in [3.63, 3.8) is 0 Å². The summed E-state index contributed by atoms with van der Waals surface area (Å²) in [7, 11) is 0. The first-order valence-corrected chi connectivity index (χ1v) is 7.03. The van der Waals surface area contributed by atoms with Gasteiger partial charge in [0.1, 0.15) is 5.69 Å². The van der Waals surface area contributed by atoms with Gasteiger partial charge in [0.15, 0.2) is 5.65 Å². The lowest BCUT2D eigenvalue weighted by Gasteiger charge is -2.04. The van der Waals surface area contributed by atoms with E-state index < -0.39 is 0 Å². The summed E-state index contributed by atoms with van der Waals surface area (Å²) in [5.41, 5.74) is 3.02. The highest BCUT2D eigenvalue weighted by Crippen LogP contribution is 2.21. The van der Waals surface area contributed by atoms with Crippen LogP contribution in [0.1, 0.15) is 16.1 Å². The SMILES string of the molecule is O=C(c1ccccn1)c1cnn2c(-c3cccnc3)ccnc12. The highest BCUT2D eigenvalue weighted by atomic mass is 16.1. The number of ketones is 1. The summed E-state index contributed by atoms with van der Waals surface area (Å²) in [6, 6.07) is 10.9. The Hall–Kier alpha value is -3.41. The first-order valence-electron chi connectivity index (χ1n) is 7.03. The Labute approximate surface area is 131 Å². The van der Waals surface area contributed by atoms with Crippen LogP contribution in [0.2, 0.25) is 0 Å². The summed E-state index contributed by atoms with van der Waals surface area (Å²) in [5, 5.41) is 4.32. The average Bonchev–Trinajstić information content (AvgIpc) is 3.06. The molecule has 0 unspecified atom stereocenters. The van der Waals surface area contributed by atoms with E-state index in [4.69, 9.17) is 0 Å². The fraction of sp³-hybridized carbons (Fsp3) is 0. The molecule has 110 valence electrons. The van der Waals surface area contributed by atoms with E-state index in [1.165, 1.54) is 6.20 Å². The molecule has 0 saturated carbocycles. The molecule has 0 aromatic carbocycles. The van der Waals surface area contributed by atoms with Gasteiger partial charge < -0.3 is 0 Å². The zero-order chi connectivity index (χ0) is 15.6. The second-order valence-corrected chi connectivity index (χ2v) is 4.91. The van der Waals surface area contributed by atoms with Crippen molar-refractivity contribution in [3.05, 3.63) is 78.6 Å². The molecule has 0 aliphatic rings. The Bertz CT molecular complexity index is 980. The molecule has 0 N–H and O–H groups in total. The van der Waals surface area contributed by atoms with Crippen molar-refractivity contribution in [2.45, 2.75) is 0 Å². The molecule has 4 aromatic rings. The van der Waals surface area contributed by atoms with Crippen molar-refractivity contribution in [1.29, 1.82) is 0 Å². The van der Waals surface area contributed by atoms with E-state index in [-0.39, 0.29) is 5.78 Å². The van der Waals surface area contributed by atoms with Gasteiger partial charge in [-0.3, -0.25) is 14.8 Å². The third-order valence-electron chi connectivity index (χ3n) is 3.50. The molecule has 6 nitrogen and oxygen atoms in total. The van der Waals surface area contributed by atoms with Crippen LogP contribution in [0.3, 0.4) is 0 Å². The van der Waals surface area contributed by atoms with Crippen molar-refractivity contribution in [2.75, 3.05) is 0 Å². The van der Waals surface area contributed by atoms with Crippen LogP contribution < -0.4 is 0 Å². The topological polar surface area (TPSA) is 73.0 Å². The van der Waals surface area contributed by atoms with Crippen molar-refractivity contribution in [1.82, 2.24) is 24.6 Å². The van der Waals surface area contributed by atoms with Gasteiger partial charge in [0.25, 0.3) is 0 Å². The quantitative estimate of drug-likeness (QED) is 0.543. The molecule has 0 amide bonds. The predicted molar refractivity (Wildman–Crippen MR) is 83.9 cm³/mol. The summed E-state index contributed by atoms with van der Waals surface area (Å²) in [6.07, 6.45) is 8.24. The highest BCUT2D eigenvalue weighted by molar-refractivity contribution is 6.11. The van der Waals surface area contributed by atoms with E-state index in [0.29, 0.717) is 16.9 Å². The molecule has 6 heteroatoms. The van der Waals surface area contributed by atoms with Gasteiger partial charge in [0.2, 0.25) is 5.78 Å². The zero-order valence-corrected chi connectivity index (χ0v) is 12.0. The van der Waals surface area contributed by atoms with Crippen LogP contribution in [0.25, 0.3) is 16.9 Å². The van der Waals surface area contributed by atoms with Crippen LogP contribution in [0.5, 0.6) is 0 Å². The number of aromatic nitrogens is 5. The summed E-state index contributed by atoms with van der Waals surface area (Å²) < 4.78 is 1.65. The highest BCUT2D eigenvalue weighted by Gasteiger charge is 2.18. The van der Waals surface area contributed by atoms with Gasteiger partial charge in [-0.25, -0.2) is 9.50 Å². The van der Waals surface area contributed by atoms with Crippen LogP contribution >= 0.6 is 0 Å². The number of pyridine rings is 2. The first kappa shape index (κ1) is 13.3. The predicted octanol–water partition coefficient (Wildman–Crippen LogP) is 2.42. The van der Waals surface area contributed by atoms with Crippen LogP contribution in [0.4, 0.5) is 0 Å². The number of hydrogen-bond donors (Lipinski definition) is 0. The normalized spacial score (nSPS) is 10.8. The van der Waals surface area contributed by atoms with Gasteiger partial charge in [-0.05, 0) is 30.3 Å². The number of rotatable bonds is 3. The van der Waals surface area contributed by atoms with Gasteiger partial charge in [0, 0.05) is 30.4 Å². The Morgan fingerprint density at radius 2 is 1.87 bits per heavy atom. The fourth-order valence-electron chi connectivity index (χ4n) is 2.42. The number of hydrogen-bond acceptors (Lipinski definition) is 5. The monoisotopic (exact) mass is 301 g/mol. The molecular weight excluding hydrogens is 290 g/mol. The van der Waals surface area contributed by atoms with Gasteiger partial charge in [-0.1, -0.05) is 6.07 Å². The maximum atomic E-state index is 12.6. The van der Waals surface area contributed by atoms with Crippen molar-refractivity contribution in [2.24, 2.45) is 0 Å². The summed E-state index contributed by atoms with van der Waals surface area (Å²) in [5.74, 6) is -0.198. The second-order valence-electron chi connectivity index (χ2n) is 4.91. The zero-order valence-electron chi connectivity index (χ0n) is 12.0. The Morgan fingerprint density at radius 3 is 2.65 bits per heavy atom. The summed E-state index contributed by atoms with van der Waals surface area (Å²) >= 11 is 0. The minimum Gasteiger partial charge on any atom is -0.287 e. The molecule has 4 aromatic heterocycles. The summed E-state index contributed by atoms with van der Waals surface area (Å²) in [6.45, 7) is 0. The second kappa shape index (κ2) is 5.42. The Balaban J connectivity index is 1.87.